The van der Waals surface area contributed by atoms with E-state index in [4.69, 9.17) is 5.73 Å². The number of pyridine rings is 1. The molecule has 5 nitrogen and oxygen atoms in total. The average Bonchev–Trinajstić information content (AvgIpc) is 2.84. The third kappa shape index (κ3) is 2.79. The monoisotopic (exact) mass is 248 g/mol. The molecule has 1 fully saturated rings. The van der Waals surface area contributed by atoms with Crippen LogP contribution in [-0.2, 0) is 0 Å². The van der Waals surface area contributed by atoms with E-state index >= 15 is 0 Å². The summed E-state index contributed by atoms with van der Waals surface area (Å²) in [4.78, 5) is 18.3. The van der Waals surface area contributed by atoms with Gasteiger partial charge in [0, 0.05) is 30.7 Å². The number of hydrogen-bond acceptors (Lipinski definition) is 4. The van der Waals surface area contributed by atoms with Crippen LogP contribution in [0.5, 0.6) is 0 Å². The predicted molar refractivity (Wildman–Crippen MR) is 71.3 cm³/mol. The molecule has 0 aliphatic carbocycles. The number of anilines is 1. The lowest BCUT2D eigenvalue weighted by atomic mass is 10.2. The van der Waals surface area contributed by atoms with Crippen LogP contribution in [0.25, 0.3) is 0 Å². The highest BCUT2D eigenvalue weighted by Gasteiger charge is 2.23. The summed E-state index contributed by atoms with van der Waals surface area (Å²) in [5.74, 6) is -0.136. The number of amides is 1. The van der Waals surface area contributed by atoms with Crippen molar-refractivity contribution in [2.45, 2.75) is 25.8 Å². The first kappa shape index (κ1) is 12.8. The molecule has 98 valence electrons. The van der Waals surface area contributed by atoms with Crippen LogP contribution in [0.1, 0.15) is 30.1 Å². The van der Waals surface area contributed by atoms with Crippen LogP contribution in [0.3, 0.4) is 0 Å². The fourth-order valence-corrected chi connectivity index (χ4v) is 2.44. The number of carbonyl (C=O) groups is 1. The van der Waals surface area contributed by atoms with Gasteiger partial charge >= 0.3 is 0 Å². The summed E-state index contributed by atoms with van der Waals surface area (Å²) < 4.78 is 0. The molecule has 18 heavy (non-hydrogen) atoms. The van der Waals surface area contributed by atoms with Gasteiger partial charge in [0.15, 0.2) is 0 Å². The number of rotatable bonds is 4. The Labute approximate surface area is 107 Å². The zero-order valence-corrected chi connectivity index (χ0v) is 10.7. The van der Waals surface area contributed by atoms with Crippen molar-refractivity contribution < 1.29 is 4.79 Å². The minimum Gasteiger partial charge on any atom is -0.398 e. The normalized spacial score (nSPS) is 19.9. The van der Waals surface area contributed by atoms with E-state index in [1.165, 1.54) is 12.6 Å². The van der Waals surface area contributed by atoms with Crippen molar-refractivity contribution >= 4 is 11.6 Å². The molecule has 3 N–H and O–H groups in total. The number of hydrogen-bond donors (Lipinski definition) is 2. The van der Waals surface area contributed by atoms with E-state index in [1.54, 1.807) is 12.3 Å². The van der Waals surface area contributed by atoms with E-state index in [9.17, 15) is 4.79 Å². The van der Waals surface area contributed by atoms with Crippen LogP contribution >= 0.6 is 0 Å². The molecule has 1 aromatic rings. The summed E-state index contributed by atoms with van der Waals surface area (Å²) in [6.07, 6.45) is 5.46. The number of likely N-dealkylation sites (tertiary alicyclic amines) is 1. The Morgan fingerprint density at radius 1 is 1.67 bits per heavy atom. The topological polar surface area (TPSA) is 71.2 Å². The van der Waals surface area contributed by atoms with Crippen LogP contribution in [-0.4, -0.2) is 41.5 Å². The maximum atomic E-state index is 12.0. The molecule has 0 saturated carbocycles. The molecule has 1 aliphatic heterocycles. The smallest absolute Gasteiger partial charge is 0.255 e. The van der Waals surface area contributed by atoms with Crippen LogP contribution < -0.4 is 11.1 Å². The van der Waals surface area contributed by atoms with E-state index in [-0.39, 0.29) is 5.91 Å². The molecule has 1 amide bonds. The highest BCUT2D eigenvalue weighted by atomic mass is 16.1. The van der Waals surface area contributed by atoms with Gasteiger partial charge in [-0.3, -0.25) is 14.7 Å². The molecule has 1 aliphatic rings. The van der Waals surface area contributed by atoms with Gasteiger partial charge in [0.1, 0.15) is 0 Å². The molecule has 0 unspecified atom stereocenters. The zero-order valence-electron chi connectivity index (χ0n) is 10.7. The second kappa shape index (κ2) is 5.82. The Balaban J connectivity index is 1.91. The fraction of sp³-hybridized carbons (Fsp3) is 0.538. The number of nitrogens with two attached hydrogens (primary N) is 1. The largest absolute Gasteiger partial charge is 0.398 e. The fourth-order valence-electron chi connectivity index (χ4n) is 2.44. The Morgan fingerprint density at radius 3 is 3.22 bits per heavy atom. The minimum atomic E-state index is -0.136. The van der Waals surface area contributed by atoms with Crippen molar-refractivity contribution in [3.05, 3.63) is 24.0 Å². The molecule has 2 heterocycles. The van der Waals surface area contributed by atoms with E-state index in [0.717, 1.165) is 19.5 Å². The van der Waals surface area contributed by atoms with Gasteiger partial charge < -0.3 is 11.1 Å². The van der Waals surface area contributed by atoms with Gasteiger partial charge in [-0.05, 0) is 32.0 Å². The second-order valence-electron chi connectivity index (χ2n) is 4.60. The summed E-state index contributed by atoms with van der Waals surface area (Å²) in [6.45, 7) is 5.00. The Bertz CT molecular complexity index is 421. The molecule has 2 rings (SSSR count). The van der Waals surface area contributed by atoms with Gasteiger partial charge in [-0.1, -0.05) is 6.92 Å². The van der Waals surface area contributed by atoms with Crippen molar-refractivity contribution in [1.82, 2.24) is 15.2 Å². The molecule has 0 aromatic carbocycles. The molecular weight excluding hydrogens is 228 g/mol. The van der Waals surface area contributed by atoms with Crippen molar-refractivity contribution in [2.75, 3.05) is 25.4 Å². The molecule has 1 atom stereocenters. The lowest BCUT2D eigenvalue weighted by Gasteiger charge is -2.22. The third-order valence-electron chi connectivity index (χ3n) is 3.50. The molecule has 1 saturated heterocycles. The molecule has 0 radical (unpaired) electrons. The van der Waals surface area contributed by atoms with Crippen molar-refractivity contribution in [1.29, 1.82) is 0 Å². The molecule has 5 heteroatoms. The lowest BCUT2D eigenvalue weighted by Crippen LogP contribution is -2.40. The van der Waals surface area contributed by atoms with E-state index in [0.29, 0.717) is 23.8 Å². The Kier molecular flexibility index (Phi) is 4.15. The first-order valence-electron chi connectivity index (χ1n) is 6.44. The van der Waals surface area contributed by atoms with Gasteiger partial charge in [-0.2, -0.15) is 0 Å². The highest BCUT2D eigenvalue weighted by Crippen LogP contribution is 2.16. The average molecular weight is 248 g/mol. The number of carbonyl (C=O) groups excluding carboxylic acids is 1. The standard InChI is InChI=1S/C13H20N4O/c1-2-17-7-3-4-10(17)8-16-13(18)11-9-15-6-5-12(11)14/h5-6,9-10H,2-4,7-8H2,1H3,(H2,14,15)(H,16,18)/t10-/m0/s1. The number of aromatic nitrogens is 1. The zero-order chi connectivity index (χ0) is 13.0. The second-order valence-corrected chi connectivity index (χ2v) is 4.60. The van der Waals surface area contributed by atoms with E-state index in [2.05, 4.69) is 22.1 Å². The maximum Gasteiger partial charge on any atom is 0.255 e. The Hall–Kier alpha value is -1.62. The van der Waals surface area contributed by atoms with Crippen molar-refractivity contribution in [2.24, 2.45) is 0 Å². The third-order valence-corrected chi connectivity index (χ3v) is 3.50. The molecular formula is C13H20N4O. The van der Waals surface area contributed by atoms with Crippen molar-refractivity contribution in [3.8, 4) is 0 Å². The number of nitrogens with zero attached hydrogens (tertiary/aromatic N) is 2. The van der Waals surface area contributed by atoms with E-state index in [1.807, 2.05) is 0 Å². The lowest BCUT2D eigenvalue weighted by molar-refractivity contribution is 0.0942. The summed E-state index contributed by atoms with van der Waals surface area (Å²) in [5, 5.41) is 2.95. The molecule has 0 bridgehead atoms. The van der Waals surface area contributed by atoms with Crippen LogP contribution in [0, 0.1) is 0 Å². The van der Waals surface area contributed by atoms with E-state index < -0.39 is 0 Å². The van der Waals surface area contributed by atoms with Crippen LogP contribution in [0.2, 0.25) is 0 Å². The summed E-state index contributed by atoms with van der Waals surface area (Å²) >= 11 is 0. The minimum absolute atomic E-state index is 0.136. The first-order chi connectivity index (χ1) is 8.72. The number of likely N-dealkylation sites (N-methyl/N-ethyl adjacent to an activating group) is 1. The molecule has 0 spiro atoms. The molecule has 1 aromatic heterocycles. The quantitative estimate of drug-likeness (QED) is 0.829. The van der Waals surface area contributed by atoms with Gasteiger partial charge in [0.25, 0.3) is 5.91 Å². The SMILES string of the molecule is CCN1CCC[C@H]1CNC(=O)c1cnccc1N. The summed E-state index contributed by atoms with van der Waals surface area (Å²) in [6, 6.07) is 2.10. The summed E-state index contributed by atoms with van der Waals surface area (Å²) in [7, 11) is 0. The van der Waals surface area contributed by atoms with Crippen LogP contribution in [0.4, 0.5) is 5.69 Å². The number of nitrogens with one attached hydrogen (secondary N) is 1. The van der Waals surface area contributed by atoms with Crippen molar-refractivity contribution in [3.63, 3.8) is 0 Å². The first-order valence-corrected chi connectivity index (χ1v) is 6.44. The van der Waals surface area contributed by atoms with Crippen LogP contribution in [0.15, 0.2) is 18.5 Å². The van der Waals surface area contributed by atoms with Gasteiger partial charge in [0.05, 0.1) is 5.56 Å². The van der Waals surface area contributed by atoms with Gasteiger partial charge in [0.2, 0.25) is 0 Å². The highest BCUT2D eigenvalue weighted by molar-refractivity contribution is 5.98. The van der Waals surface area contributed by atoms with Gasteiger partial charge in [-0.25, -0.2) is 0 Å². The maximum absolute atomic E-state index is 12.0. The number of nitrogen functional groups attached to an aromatic ring is 1. The van der Waals surface area contributed by atoms with Gasteiger partial charge in [-0.15, -0.1) is 0 Å². The Morgan fingerprint density at radius 2 is 2.50 bits per heavy atom. The summed E-state index contributed by atoms with van der Waals surface area (Å²) in [5.41, 5.74) is 6.68. The predicted octanol–water partition coefficient (Wildman–Crippen LogP) is 0.878.